The van der Waals surface area contributed by atoms with E-state index in [4.69, 9.17) is 5.73 Å². The molecule has 3 rings (SSSR count). The number of hydrogen-bond donors (Lipinski definition) is 1. The maximum absolute atomic E-state index is 12.6. The van der Waals surface area contributed by atoms with Crippen LogP contribution in [0.4, 0.5) is 0 Å². The van der Waals surface area contributed by atoms with Gasteiger partial charge in [0.05, 0.1) is 0 Å². The van der Waals surface area contributed by atoms with Crippen LogP contribution in [-0.2, 0) is 0 Å². The zero-order valence-electron chi connectivity index (χ0n) is 13.3. The Hall–Kier alpha value is -1.92. The number of halogens is 1. The molecule has 0 spiro atoms. The van der Waals surface area contributed by atoms with E-state index < -0.39 is 0 Å². The summed E-state index contributed by atoms with van der Waals surface area (Å²) in [7, 11) is 0. The van der Waals surface area contributed by atoms with E-state index in [0.717, 1.165) is 12.0 Å². The number of nitrogens with zero attached hydrogens (tertiary/aromatic N) is 3. The lowest BCUT2D eigenvalue weighted by atomic mass is 9.90. The standard InChI is InChI=1S/C16H20N4O2.ClH/c1-11-3-4-13-18-7-12(15(22)20(13)8-11)14(21)19-6-5-16(2,9-17)10-19;/h3-4,7-8H,5-6,9-10,17H2,1-2H3;1H. The van der Waals surface area contributed by atoms with E-state index in [-0.39, 0.29) is 34.9 Å². The van der Waals surface area contributed by atoms with Gasteiger partial charge in [0.25, 0.3) is 11.5 Å². The van der Waals surface area contributed by atoms with E-state index in [0.29, 0.717) is 25.3 Å². The minimum atomic E-state index is -0.319. The van der Waals surface area contributed by atoms with Crippen LogP contribution < -0.4 is 11.3 Å². The van der Waals surface area contributed by atoms with Gasteiger partial charge in [-0.1, -0.05) is 13.0 Å². The van der Waals surface area contributed by atoms with Crippen LogP contribution in [-0.4, -0.2) is 39.8 Å². The molecule has 0 aliphatic carbocycles. The predicted octanol–water partition coefficient (Wildman–Crippen LogP) is 1.24. The third-order valence-electron chi connectivity index (χ3n) is 4.42. The van der Waals surface area contributed by atoms with E-state index in [1.165, 1.54) is 10.6 Å². The Bertz CT molecular complexity index is 804. The van der Waals surface area contributed by atoms with E-state index >= 15 is 0 Å². The van der Waals surface area contributed by atoms with Crippen LogP contribution in [0, 0.1) is 12.3 Å². The van der Waals surface area contributed by atoms with Gasteiger partial charge in [-0.2, -0.15) is 0 Å². The van der Waals surface area contributed by atoms with Crippen LogP contribution in [0.1, 0.15) is 29.3 Å². The van der Waals surface area contributed by atoms with E-state index in [2.05, 4.69) is 11.9 Å². The van der Waals surface area contributed by atoms with Crippen molar-refractivity contribution < 1.29 is 4.79 Å². The molecule has 2 N–H and O–H groups in total. The van der Waals surface area contributed by atoms with Gasteiger partial charge >= 0.3 is 0 Å². The molecule has 6 nitrogen and oxygen atoms in total. The number of amides is 1. The molecule has 1 unspecified atom stereocenters. The number of carbonyl (C=O) groups excluding carboxylic acids is 1. The lowest BCUT2D eigenvalue weighted by molar-refractivity contribution is 0.0774. The van der Waals surface area contributed by atoms with Crippen LogP contribution in [0.3, 0.4) is 0 Å². The topological polar surface area (TPSA) is 80.7 Å². The van der Waals surface area contributed by atoms with Crippen LogP contribution >= 0.6 is 12.4 Å². The Morgan fingerprint density at radius 3 is 2.83 bits per heavy atom. The lowest BCUT2D eigenvalue weighted by Crippen LogP contribution is -2.37. The van der Waals surface area contributed by atoms with Crippen molar-refractivity contribution in [3.05, 3.63) is 46.0 Å². The number of aromatic nitrogens is 2. The van der Waals surface area contributed by atoms with E-state index in [1.807, 2.05) is 13.0 Å². The molecule has 0 aromatic carbocycles. The first kappa shape index (κ1) is 17.4. The van der Waals surface area contributed by atoms with Gasteiger partial charge in [0.15, 0.2) is 0 Å². The highest BCUT2D eigenvalue weighted by Crippen LogP contribution is 2.29. The normalized spacial score (nSPS) is 20.6. The zero-order valence-corrected chi connectivity index (χ0v) is 14.1. The Morgan fingerprint density at radius 1 is 1.43 bits per heavy atom. The second-order valence-electron chi connectivity index (χ2n) is 6.40. The van der Waals surface area contributed by atoms with Gasteiger partial charge in [-0.25, -0.2) is 4.98 Å². The van der Waals surface area contributed by atoms with Crippen LogP contribution in [0.15, 0.2) is 29.3 Å². The van der Waals surface area contributed by atoms with E-state index in [9.17, 15) is 9.59 Å². The number of carbonyl (C=O) groups is 1. The monoisotopic (exact) mass is 336 g/mol. The second-order valence-corrected chi connectivity index (χ2v) is 6.40. The average Bonchev–Trinajstić information content (AvgIpc) is 2.91. The predicted molar refractivity (Wildman–Crippen MR) is 91.1 cm³/mol. The third-order valence-corrected chi connectivity index (χ3v) is 4.42. The van der Waals surface area contributed by atoms with Crippen LogP contribution in [0.25, 0.3) is 5.65 Å². The van der Waals surface area contributed by atoms with Gasteiger partial charge in [-0.3, -0.25) is 14.0 Å². The van der Waals surface area contributed by atoms with Crippen molar-refractivity contribution in [2.24, 2.45) is 11.1 Å². The van der Waals surface area contributed by atoms with Gasteiger partial charge in [-0.05, 0) is 36.9 Å². The summed E-state index contributed by atoms with van der Waals surface area (Å²) in [6.45, 7) is 5.70. The highest BCUT2D eigenvalue weighted by atomic mass is 35.5. The molecule has 1 aliphatic heterocycles. The average molecular weight is 337 g/mol. The van der Waals surface area contributed by atoms with Gasteiger partial charge in [0, 0.05) is 25.5 Å². The molecule has 23 heavy (non-hydrogen) atoms. The molecular formula is C16H21ClN4O2. The molecule has 2 aromatic heterocycles. The Balaban J connectivity index is 0.00000192. The fourth-order valence-electron chi connectivity index (χ4n) is 2.86. The summed E-state index contributed by atoms with van der Waals surface area (Å²) in [5, 5.41) is 0. The fraction of sp³-hybridized carbons (Fsp3) is 0.438. The molecule has 3 heterocycles. The molecule has 1 atom stereocenters. The van der Waals surface area contributed by atoms with Crippen molar-refractivity contribution in [1.82, 2.24) is 14.3 Å². The largest absolute Gasteiger partial charge is 0.338 e. The maximum atomic E-state index is 12.6. The van der Waals surface area contributed by atoms with Gasteiger partial charge in [0.2, 0.25) is 0 Å². The van der Waals surface area contributed by atoms with Gasteiger partial charge in [-0.15, -0.1) is 12.4 Å². The Morgan fingerprint density at radius 2 is 2.17 bits per heavy atom. The molecule has 0 bridgehead atoms. The summed E-state index contributed by atoms with van der Waals surface area (Å²) in [5.74, 6) is -0.259. The lowest BCUT2D eigenvalue weighted by Gasteiger charge is -2.22. The maximum Gasteiger partial charge on any atom is 0.270 e. The molecule has 1 saturated heterocycles. The Kier molecular flexibility index (Phi) is 4.77. The number of likely N-dealkylation sites (tertiary alicyclic amines) is 1. The number of nitrogens with two attached hydrogens (primary N) is 1. The molecule has 2 aromatic rings. The van der Waals surface area contributed by atoms with E-state index in [1.54, 1.807) is 17.2 Å². The molecule has 0 radical (unpaired) electrons. The van der Waals surface area contributed by atoms with Crippen molar-refractivity contribution in [3.8, 4) is 0 Å². The summed E-state index contributed by atoms with van der Waals surface area (Å²) < 4.78 is 1.43. The first-order chi connectivity index (χ1) is 10.4. The minimum Gasteiger partial charge on any atom is -0.338 e. The third kappa shape index (κ3) is 3.09. The zero-order chi connectivity index (χ0) is 15.9. The molecule has 7 heteroatoms. The molecule has 124 valence electrons. The summed E-state index contributed by atoms with van der Waals surface area (Å²) in [6.07, 6.45) is 3.94. The molecular weight excluding hydrogens is 316 g/mol. The van der Waals surface area contributed by atoms with Crippen molar-refractivity contribution in [2.45, 2.75) is 20.3 Å². The van der Waals surface area contributed by atoms with Crippen molar-refractivity contribution in [3.63, 3.8) is 0 Å². The number of pyridine rings is 1. The number of aryl methyl sites for hydroxylation is 1. The molecule has 1 amide bonds. The first-order valence-corrected chi connectivity index (χ1v) is 7.41. The highest BCUT2D eigenvalue weighted by molar-refractivity contribution is 5.94. The summed E-state index contributed by atoms with van der Waals surface area (Å²) in [5.41, 5.74) is 6.99. The molecule has 0 saturated carbocycles. The van der Waals surface area contributed by atoms with Crippen molar-refractivity contribution in [2.75, 3.05) is 19.6 Å². The Labute approximate surface area is 140 Å². The first-order valence-electron chi connectivity index (χ1n) is 7.41. The molecule has 1 fully saturated rings. The number of hydrogen-bond acceptors (Lipinski definition) is 4. The minimum absolute atomic E-state index is 0. The van der Waals surface area contributed by atoms with Crippen molar-refractivity contribution in [1.29, 1.82) is 0 Å². The molecule has 1 aliphatic rings. The fourth-order valence-corrected chi connectivity index (χ4v) is 2.86. The van der Waals surface area contributed by atoms with Crippen molar-refractivity contribution >= 4 is 24.0 Å². The smallest absolute Gasteiger partial charge is 0.270 e. The van der Waals surface area contributed by atoms with Gasteiger partial charge < -0.3 is 10.6 Å². The number of rotatable bonds is 2. The summed E-state index contributed by atoms with van der Waals surface area (Å²) >= 11 is 0. The van der Waals surface area contributed by atoms with Crippen LogP contribution in [0.5, 0.6) is 0 Å². The number of fused-ring (bicyclic) bond motifs is 1. The van der Waals surface area contributed by atoms with Gasteiger partial charge in [0.1, 0.15) is 11.2 Å². The SMILES string of the molecule is Cc1ccc2ncc(C(=O)N3CCC(C)(CN)C3)c(=O)n2c1.Cl. The second kappa shape index (κ2) is 6.29. The van der Waals surface area contributed by atoms with Crippen LogP contribution in [0.2, 0.25) is 0 Å². The summed E-state index contributed by atoms with van der Waals surface area (Å²) in [6, 6.07) is 3.66. The summed E-state index contributed by atoms with van der Waals surface area (Å²) in [4.78, 5) is 31.1. The highest BCUT2D eigenvalue weighted by Gasteiger charge is 2.36. The quantitative estimate of drug-likeness (QED) is 0.894.